The second-order valence-electron chi connectivity index (χ2n) is 4.30. The zero-order valence-corrected chi connectivity index (χ0v) is 8.72. The number of halogens is 1. The Morgan fingerprint density at radius 2 is 2.33 bits per heavy atom. The van der Waals surface area contributed by atoms with E-state index >= 15 is 0 Å². The van der Waals surface area contributed by atoms with Crippen LogP contribution in [0.15, 0.2) is 0 Å². The predicted molar refractivity (Wildman–Crippen MR) is 51.3 cm³/mol. The molecule has 3 atom stereocenters. The zero-order valence-electron chi connectivity index (χ0n) is 7.96. The van der Waals surface area contributed by atoms with Gasteiger partial charge in [-0.25, -0.2) is 0 Å². The Hall–Kier alpha value is 0.210. The van der Waals surface area contributed by atoms with Crippen molar-refractivity contribution >= 4 is 11.6 Å². The lowest BCUT2D eigenvalue weighted by Crippen LogP contribution is -2.54. The first-order chi connectivity index (χ1) is 5.52. The first-order valence-corrected chi connectivity index (χ1v) is 5.11. The van der Waals surface area contributed by atoms with Crippen LogP contribution in [-0.4, -0.2) is 47.8 Å². The summed E-state index contributed by atoms with van der Waals surface area (Å²) >= 11 is 6.09. The second kappa shape index (κ2) is 3.95. The van der Waals surface area contributed by atoms with Crippen LogP contribution in [0.2, 0.25) is 0 Å². The van der Waals surface area contributed by atoms with Crippen molar-refractivity contribution in [1.82, 2.24) is 0 Å². The van der Waals surface area contributed by atoms with E-state index in [2.05, 4.69) is 7.05 Å². The Labute approximate surface area is 79.7 Å². The van der Waals surface area contributed by atoms with E-state index in [1.54, 1.807) is 0 Å². The fourth-order valence-corrected chi connectivity index (χ4v) is 2.65. The van der Waals surface area contributed by atoms with Crippen LogP contribution in [0, 0.1) is 0 Å². The largest absolute Gasteiger partial charge is 0.388 e. The molecular formula is C9H19ClNO+. The van der Waals surface area contributed by atoms with Gasteiger partial charge in [0.15, 0.2) is 0 Å². The summed E-state index contributed by atoms with van der Waals surface area (Å²) in [6.07, 6.45) is 2.11. The van der Waals surface area contributed by atoms with Crippen LogP contribution in [0.1, 0.15) is 19.8 Å². The van der Waals surface area contributed by atoms with Gasteiger partial charge in [0.05, 0.1) is 25.5 Å². The third-order valence-electron chi connectivity index (χ3n) is 2.56. The van der Waals surface area contributed by atoms with Gasteiger partial charge in [0.2, 0.25) is 0 Å². The van der Waals surface area contributed by atoms with Gasteiger partial charge in [-0.2, -0.15) is 0 Å². The van der Waals surface area contributed by atoms with Gasteiger partial charge in [-0.1, -0.05) is 0 Å². The summed E-state index contributed by atoms with van der Waals surface area (Å²) in [5.41, 5.74) is 0. The van der Waals surface area contributed by atoms with E-state index in [9.17, 15) is 5.11 Å². The molecule has 0 spiro atoms. The van der Waals surface area contributed by atoms with Crippen LogP contribution in [0.25, 0.3) is 0 Å². The number of alkyl halides is 1. The number of hydrogen-bond donors (Lipinski definition) is 1. The fraction of sp³-hybridized carbons (Fsp3) is 1.00. The van der Waals surface area contributed by atoms with Gasteiger partial charge in [-0.15, -0.1) is 11.6 Å². The molecular weight excluding hydrogens is 174 g/mol. The second-order valence-corrected chi connectivity index (χ2v) is 4.91. The van der Waals surface area contributed by atoms with Gasteiger partial charge >= 0.3 is 0 Å². The number of aliphatic hydroxyl groups excluding tert-OH is 1. The van der Waals surface area contributed by atoms with Crippen LogP contribution in [-0.2, 0) is 0 Å². The summed E-state index contributed by atoms with van der Waals surface area (Å²) < 4.78 is 0.936. The third-order valence-corrected chi connectivity index (χ3v) is 2.92. The summed E-state index contributed by atoms with van der Waals surface area (Å²) in [5.74, 6) is 0. The van der Waals surface area contributed by atoms with Crippen molar-refractivity contribution in [3.63, 3.8) is 0 Å². The molecule has 1 rings (SSSR count). The van der Waals surface area contributed by atoms with E-state index in [0.29, 0.717) is 5.38 Å². The van der Waals surface area contributed by atoms with Crippen molar-refractivity contribution in [3.8, 4) is 0 Å². The molecule has 0 aliphatic carbocycles. The highest BCUT2D eigenvalue weighted by Crippen LogP contribution is 2.20. The van der Waals surface area contributed by atoms with E-state index in [-0.39, 0.29) is 6.10 Å². The Morgan fingerprint density at radius 3 is 2.83 bits per heavy atom. The third kappa shape index (κ3) is 2.92. The molecule has 0 saturated carbocycles. The number of rotatable bonds is 2. The predicted octanol–water partition coefficient (Wildman–Crippen LogP) is 1.21. The highest BCUT2D eigenvalue weighted by atomic mass is 35.5. The number of nitrogens with zero attached hydrogens (tertiary/aromatic N) is 1. The van der Waals surface area contributed by atoms with Crippen LogP contribution in [0.4, 0.5) is 0 Å². The van der Waals surface area contributed by atoms with E-state index in [0.717, 1.165) is 30.5 Å². The normalized spacial score (nSPS) is 39.5. The molecule has 1 aliphatic rings. The molecule has 1 N–H and O–H groups in total. The molecule has 3 unspecified atom stereocenters. The smallest absolute Gasteiger partial charge is 0.105 e. The van der Waals surface area contributed by atoms with E-state index in [4.69, 9.17) is 11.6 Å². The lowest BCUT2D eigenvalue weighted by atomic mass is 10.1. The molecule has 0 aromatic carbocycles. The molecule has 0 aromatic rings. The summed E-state index contributed by atoms with van der Waals surface area (Å²) in [7, 11) is 2.18. The highest BCUT2D eigenvalue weighted by molar-refractivity contribution is 6.20. The van der Waals surface area contributed by atoms with Crippen LogP contribution < -0.4 is 0 Å². The van der Waals surface area contributed by atoms with Gasteiger partial charge in [-0.3, -0.25) is 0 Å². The molecule has 1 aliphatic heterocycles. The molecule has 0 bridgehead atoms. The number of hydrogen-bond acceptors (Lipinski definition) is 1. The number of likely N-dealkylation sites (tertiary alicyclic amines) is 1. The topological polar surface area (TPSA) is 20.2 Å². The molecule has 1 fully saturated rings. The van der Waals surface area contributed by atoms with Crippen molar-refractivity contribution in [2.24, 2.45) is 0 Å². The fourth-order valence-electron chi connectivity index (χ4n) is 2.16. The first kappa shape index (κ1) is 10.3. The zero-order chi connectivity index (χ0) is 9.19. The Balaban J connectivity index is 2.45. The first-order valence-electron chi connectivity index (χ1n) is 4.67. The lowest BCUT2D eigenvalue weighted by molar-refractivity contribution is -0.916. The van der Waals surface area contributed by atoms with E-state index in [1.165, 1.54) is 6.42 Å². The minimum atomic E-state index is -0.211. The quantitative estimate of drug-likeness (QED) is 0.515. The van der Waals surface area contributed by atoms with Gasteiger partial charge < -0.3 is 9.59 Å². The minimum Gasteiger partial charge on any atom is -0.388 e. The van der Waals surface area contributed by atoms with Gasteiger partial charge in [0.1, 0.15) is 12.6 Å². The number of quaternary nitrogens is 1. The molecule has 0 amide bonds. The van der Waals surface area contributed by atoms with E-state index < -0.39 is 0 Å². The van der Waals surface area contributed by atoms with Gasteiger partial charge in [0, 0.05) is 0 Å². The molecule has 3 heteroatoms. The number of aliphatic hydroxyl groups is 1. The Bertz CT molecular complexity index is 147. The average molecular weight is 193 g/mol. The van der Waals surface area contributed by atoms with Gasteiger partial charge in [-0.05, 0) is 19.8 Å². The molecule has 12 heavy (non-hydrogen) atoms. The summed E-state index contributed by atoms with van der Waals surface area (Å²) in [6.45, 7) is 4.85. The summed E-state index contributed by atoms with van der Waals surface area (Å²) in [5, 5.41) is 9.61. The van der Waals surface area contributed by atoms with Crippen LogP contribution >= 0.6 is 11.6 Å². The van der Waals surface area contributed by atoms with E-state index in [1.807, 2.05) is 6.92 Å². The maximum absolute atomic E-state index is 9.30. The van der Waals surface area contributed by atoms with Crippen molar-refractivity contribution in [2.45, 2.75) is 31.2 Å². The van der Waals surface area contributed by atoms with Crippen molar-refractivity contribution in [2.75, 3.05) is 26.7 Å². The molecule has 2 nitrogen and oxygen atoms in total. The lowest BCUT2D eigenvalue weighted by Gasteiger charge is -2.40. The molecule has 1 saturated heterocycles. The van der Waals surface area contributed by atoms with Crippen LogP contribution in [0.5, 0.6) is 0 Å². The van der Waals surface area contributed by atoms with Crippen molar-refractivity contribution in [1.29, 1.82) is 0 Å². The standard InChI is InChI=1S/C9H19ClNO/c1-8(12)6-11(2)5-3-4-9(10)7-11/h8-9,12H,3-7H2,1-2H3/q+1. The SMILES string of the molecule is CC(O)C[N+]1(C)CCCC(Cl)C1. The maximum Gasteiger partial charge on any atom is 0.105 e. The van der Waals surface area contributed by atoms with Crippen LogP contribution in [0.3, 0.4) is 0 Å². The number of piperidine rings is 1. The molecule has 0 aromatic heterocycles. The van der Waals surface area contributed by atoms with Crippen molar-refractivity contribution in [3.05, 3.63) is 0 Å². The molecule has 0 radical (unpaired) electrons. The minimum absolute atomic E-state index is 0.211. The summed E-state index contributed by atoms with van der Waals surface area (Å²) in [4.78, 5) is 0. The monoisotopic (exact) mass is 192 g/mol. The average Bonchev–Trinajstić information content (AvgIpc) is 1.82. The number of likely N-dealkylation sites (N-methyl/N-ethyl adjacent to an activating group) is 1. The van der Waals surface area contributed by atoms with Crippen molar-refractivity contribution < 1.29 is 9.59 Å². The highest BCUT2D eigenvalue weighted by Gasteiger charge is 2.30. The summed E-state index contributed by atoms with van der Waals surface area (Å²) in [6, 6.07) is 0. The molecule has 72 valence electrons. The maximum atomic E-state index is 9.30. The van der Waals surface area contributed by atoms with Gasteiger partial charge in [0.25, 0.3) is 0 Å². The molecule has 1 heterocycles. The Morgan fingerprint density at radius 1 is 1.67 bits per heavy atom. The Kier molecular flexibility index (Phi) is 3.38.